The van der Waals surface area contributed by atoms with Crippen LogP contribution in [0, 0.1) is 5.92 Å². The second-order valence-electron chi connectivity index (χ2n) is 7.84. The molecule has 0 radical (unpaired) electrons. The van der Waals surface area contributed by atoms with E-state index in [-0.39, 0.29) is 0 Å². The van der Waals surface area contributed by atoms with Crippen molar-refractivity contribution in [3.8, 4) is 22.9 Å². The molecule has 2 aromatic heterocycles. The Hall–Kier alpha value is -3.33. The van der Waals surface area contributed by atoms with E-state index >= 15 is 0 Å². The lowest BCUT2D eigenvalue weighted by Crippen LogP contribution is -2.10. The van der Waals surface area contributed by atoms with Gasteiger partial charge in [-0.3, -0.25) is 0 Å². The first-order valence-corrected chi connectivity index (χ1v) is 11.8. The molecule has 8 nitrogen and oxygen atoms in total. The average molecular weight is 466 g/mol. The highest BCUT2D eigenvalue weighted by molar-refractivity contribution is 7.98. The van der Waals surface area contributed by atoms with Crippen LogP contribution in [0.5, 0.6) is 11.5 Å². The predicted octanol–water partition coefficient (Wildman–Crippen LogP) is 5.25. The molecule has 0 spiro atoms. The molecule has 9 heteroatoms. The molecule has 0 saturated carbocycles. The minimum atomic E-state index is 0.355. The number of ether oxygens (including phenoxy) is 2. The molecule has 4 aromatic rings. The van der Waals surface area contributed by atoms with E-state index in [0.717, 1.165) is 35.3 Å². The smallest absolute Gasteiger partial charge is 0.237 e. The molecule has 2 aromatic carbocycles. The van der Waals surface area contributed by atoms with E-state index in [4.69, 9.17) is 14.0 Å². The Balaban J connectivity index is 1.46. The van der Waals surface area contributed by atoms with Crippen molar-refractivity contribution in [1.29, 1.82) is 0 Å². The van der Waals surface area contributed by atoms with Crippen molar-refractivity contribution in [2.75, 3.05) is 7.11 Å². The lowest BCUT2D eigenvalue weighted by molar-refractivity contribution is 0.285. The van der Waals surface area contributed by atoms with Gasteiger partial charge in [-0.15, -0.1) is 10.2 Å². The van der Waals surface area contributed by atoms with Crippen LogP contribution in [0.1, 0.15) is 32.0 Å². The second-order valence-corrected chi connectivity index (χ2v) is 8.78. The van der Waals surface area contributed by atoms with Crippen molar-refractivity contribution < 1.29 is 14.0 Å². The van der Waals surface area contributed by atoms with Crippen molar-refractivity contribution >= 4 is 11.8 Å². The Morgan fingerprint density at radius 3 is 2.61 bits per heavy atom. The lowest BCUT2D eigenvalue weighted by atomic mass is 10.1. The summed E-state index contributed by atoms with van der Waals surface area (Å²) >= 11 is 1.52. The van der Waals surface area contributed by atoms with E-state index in [0.29, 0.717) is 35.7 Å². The zero-order chi connectivity index (χ0) is 23.0. The van der Waals surface area contributed by atoms with Crippen LogP contribution in [0.2, 0.25) is 0 Å². The van der Waals surface area contributed by atoms with Crippen LogP contribution in [0.3, 0.4) is 0 Å². The predicted molar refractivity (Wildman–Crippen MR) is 126 cm³/mol. The number of nitrogens with zero attached hydrogens (tertiary/aromatic N) is 5. The van der Waals surface area contributed by atoms with Gasteiger partial charge >= 0.3 is 0 Å². The molecule has 33 heavy (non-hydrogen) atoms. The van der Waals surface area contributed by atoms with Gasteiger partial charge in [0.1, 0.15) is 18.1 Å². The third kappa shape index (κ3) is 5.92. The van der Waals surface area contributed by atoms with E-state index in [2.05, 4.69) is 38.8 Å². The largest absolute Gasteiger partial charge is 0.496 e. The Morgan fingerprint density at radius 1 is 1.03 bits per heavy atom. The Bertz CT molecular complexity index is 1160. The highest BCUT2D eigenvalue weighted by Crippen LogP contribution is 2.29. The number of aromatic nitrogens is 5. The SMILES string of the molecule is COc1ccccc1-c1noc(CSc2nnc(COc3ccccc3)n2CCC(C)C)n1. The number of methoxy groups -OCH3 is 1. The van der Waals surface area contributed by atoms with Crippen molar-refractivity contribution in [2.45, 2.75) is 44.3 Å². The molecular weight excluding hydrogens is 438 g/mol. The molecule has 0 saturated heterocycles. The summed E-state index contributed by atoms with van der Waals surface area (Å²) in [5.41, 5.74) is 0.792. The van der Waals surface area contributed by atoms with Gasteiger partial charge in [0.05, 0.1) is 18.4 Å². The molecule has 0 aliphatic heterocycles. The number of rotatable bonds is 11. The van der Waals surface area contributed by atoms with E-state index in [1.54, 1.807) is 7.11 Å². The van der Waals surface area contributed by atoms with E-state index in [9.17, 15) is 0 Å². The van der Waals surface area contributed by atoms with Crippen LogP contribution in [0.4, 0.5) is 0 Å². The van der Waals surface area contributed by atoms with Crippen molar-refractivity contribution in [3.63, 3.8) is 0 Å². The van der Waals surface area contributed by atoms with Crippen molar-refractivity contribution in [1.82, 2.24) is 24.9 Å². The van der Waals surface area contributed by atoms with Gasteiger partial charge < -0.3 is 18.6 Å². The summed E-state index contributed by atoms with van der Waals surface area (Å²) in [5, 5.41) is 13.7. The van der Waals surface area contributed by atoms with Crippen LogP contribution >= 0.6 is 11.8 Å². The topological polar surface area (TPSA) is 88.1 Å². The van der Waals surface area contributed by atoms with Gasteiger partial charge in [-0.05, 0) is 36.6 Å². The third-order valence-electron chi connectivity index (χ3n) is 4.98. The Kier molecular flexibility index (Phi) is 7.62. The summed E-state index contributed by atoms with van der Waals surface area (Å²) in [6.45, 7) is 5.58. The fourth-order valence-electron chi connectivity index (χ4n) is 3.19. The van der Waals surface area contributed by atoms with Crippen LogP contribution in [-0.2, 0) is 18.9 Å². The Morgan fingerprint density at radius 2 is 1.82 bits per heavy atom. The molecule has 0 unspecified atom stereocenters. The summed E-state index contributed by atoms with van der Waals surface area (Å²) in [4.78, 5) is 4.53. The monoisotopic (exact) mass is 465 g/mol. The lowest BCUT2D eigenvalue weighted by Gasteiger charge is -2.12. The maximum atomic E-state index is 5.90. The molecule has 0 amide bonds. The maximum Gasteiger partial charge on any atom is 0.237 e. The maximum absolute atomic E-state index is 5.90. The molecular formula is C24H27N5O3S. The number of hydrogen-bond acceptors (Lipinski definition) is 8. The molecule has 0 atom stereocenters. The van der Waals surface area contributed by atoms with Gasteiger partial charge in [-0.25, -0.2) is 0 Å². The first-order valence-electron chi connectivity index (χ1n) is 10.8. The van der Waals surface area contributed by atoms with Crippen molar-refractivity contribution in [3.05, 3.63) is 66.3 Å². The quantitative estimate of drug-likeness (QED) is 0.277. The molecule has 2 heterocycles. The molecule has 0 fully saturated rings. The number of thioether (sulfide) groups is 1. The van der Waals surface area contributed by atoms with Gasteiger partial charge in [0.2, 0.25) is 11.7 Å². The van der Waals surface area contributed by atoms with Crippen LogP contribution in [0.15, 0.2) is 64.3 Å². The first kappa shape index (κ1) is 22.8. The fraction of sp³-hybridized carbons (Fsp3) is 0.333. The zero-order valence-electron chi connectivity index (χ0n) is 19.0. The van der Waals surface area contributed by atoms with Crippen molar-refractivity contribution in [2.24, 2.45) is 5.92 Å². The average Bonchev–Trinajstić information content (AvgIpc) is 3.47. The normalized spacial score (nSPS) is 11.2. The van der Waals surface area contributed by atoms with Gasteiger partial charge in [-0.2, -0.15) is 4.98 Å². The molecule has 0 aliphatic carbocycles. The zero-order valence-corrected chi connectivity index (χ0v) is 19.8. The summed E-state index contributed by atoms with van der Waals surface area (Å²) in [6.07, 6.45) is 1.02. The van der Waals surface area contributed by atoms with Crippen LogP contribution in [-0.4, -0.2) is 32.0 Å². The molecule has 4 rings (SSSR count). The minimum Gasteiger partial charge on any atom is -0.496 e. The highest BCUT2D eigenvalue weighted by atomic mass is 32.2. The minimum absolute atomic E-state index is 0.355. The molecule has 0 N–H and O–H groups in total. The molecule has 172 valence electrons. The summed E-state index contributed by atoms with van der Waals surface area (Å²) in [5.74, 6) is 4.37. The standard InChI is InChI=1S/C24H27N5O3S/c1-17(2)13-14-29-21(15-31-18-9-5-4-6-10-18)26-27-24(29)33-16-22-25-23(28-32-22)19-11-7-8-12-20(19)30-3/h4-12,17H,13-16H2,1-3H3. The first-order chi connectivity index (χ1) is 16.1. The molecule has 0 aliphatic rings. The highest BCUT2D eigenvalue weighted by Gasteiger charge is 2.17. The summed E-state index contributed by atoms with van der Waals surface area (Å²) < 4.78 is 18.9. The molecule has 0 bridgehead atoms. The summed E-state index contributed by atoms with van der Waals surface area (Å²) in [6, 6.07) is 17.3. The van der Waals surface area contributed by atoms with Crippen LogP contribution < -0.4 is 9.47 Å². The van der Waals surface area contributed by atoms with E-state index in [1.165, 1.54) is 11.8 Å². The van der Waals surface area contributed by atoms with Gasteiger partial charge in [0, 0.05) is 6.54 Å². The fourth-order valence-corrected chi connectivity index (χ4v) is 4.01. The number of para-hydroxylation sites is 2. The third-order valence-corrected chi connectivity index (χ3v) is 5.93. The number of hydrogen-bond donors (Lipinski definition) is 0. The van der Waals surface area contributed by atoms with Gasteiger partial charge in [0.15, 0.2) is 11.0 Å². The van der Waals surface area contributed by atoms with Gasteiger partial charge in [0.25, 0.3) is 0 Å². The van der Waals surface area contributed by atoms with Gasteiger partial charge in [-0.1, -0.05) is 61.1 Å². The van der Waals surface area contributed by atoms with E-state index < -0.39 is 0 Å². The number of benzene rings is 2. The van der Waals surface area contributed by atoms with E-state index in [1.807, 2.05) is 54.6 Å². The Labute approximate surface area is 197 Å². The second kappa shape index (κ2) is 11.0. The van der Waals surface area contributed by atoms with Crippen LogP contribution in [0.25, 0.3) is 11.4 Å². The summed E-state index contributed by atoms with van der Waals surface area (Å²) in [7, 11) is 1.62.